The Bertz CT molecular complexity index is 1050. The summed E-state index contributed by atoms with van der Waals surface area (Å²) in [5.41, 5.74) is 1.22. The van der Waals surface area contributed by atoms with E-state index in [0.29, 0.717) is 11.1 Å². The zero-order chi connectivity index (χ0) is 19.1. The molecule has 0 spiro atoms. The van der Waals surface area contributed by atoms with Gasteiger partial charge in [-0.2, -0.15) is 0 Å². The third-order valence-corrected chi connectivity index (χ3v) is 6.04. The van der Waals surface area contributed by atoms with Gasteiger partial charge in [0.05, 0.1) is 15.6 Å². The van der Waals surface area contributed by atoms with Gasteiger partial charge in [0.2, 0.25) is 0 Å². The van der Waals surface area contributed by atoms with E-state index in [-0.39, 0.29) is 33.4 Å². The number of rotatable bonds is 3. The lowest BCUT2D eigenvalue weighted by atomic mass is 9.97. The van der Waals surface area contributed by atoms with Crippen LogP contribution < -0.4 is 0 Å². The summed E-state index contributed by atoms with van der Waals surface area (Å²) in [4.78, 5) is 23.5. The maximum Gasteiger partial charge on any atom is 0.273 e. The summed E-state index contributed by atoms with van der Waals surface area (Å²) in [5.74, 6) is -0.811. The van der Waals surface area contributed by atoms with E-state index < -0.39 is 20.5 Å². The molecule has 0 saturated heterocycles. The topological polar surface area (TPSA) is 94.3 Å². The number of carbonyl (C=O) groups excluding carboxylic acids is 1. The van der Waals surface area contributed by atoms with Crippen molar-refractivity contribution in [3.63, 3.8) is 0 Å². The summed E-state index contributed by atoms with van der Waals surface area (Å²) in [6.45, 7) is 3.71. The lowest BCUT2D eigenvalue weighted by Gasteiger charge is -2.17. The van der Waals surface area contributed by atoms with Gasteiger partial charge in [-0.15, -0.1) is 0 Å². The average molecular weight is 371 g/mol. The minimum atomic E-state index is -3.62. The zero-order valence-electron chi connectivity index (χ0n) is 14.3. The molecular formula is C19H17NO5S. The first-order valence-corrected chi connectivity index (χ1v) is 9.71. The van der Waals surface area contributed by atoms with Gasteiger partial charge in [-0.3, -0.25) is 14.9 Å². The molecule has 0 N–H and O–H groups in total. The van der Waals surface area contributed by atoms with Crippen LogP contribution in [0.25, 0.3) is 6.08 Å². The number of fused-ring (bicyclic) bond motifs is 1. The van der Waals surface area contributed by atoms with Crippen molar-refractivity contribution in [2.75, 3.05) is 5.75 Å². The second-order valence-electron chi connectivity index (χ2n) is 6.48. The molecular weight excluding hydrogens is 354 g/mol. The zero-order valence-corrected chi connectivity index (χ0v) is 15.1. The molecule has 134 valence electrons. The smallest absolute Gasteiger partial charge is 0.273 e. The number of ketones is 1. The average Bonchev–Trinajstić information content (AvgIpc) is 2.59. The van der Waals surface area contributed by atoms with E-state index in [1.54, 1.807) is 24.3 Å². The second kappa shape index (κ2) is 6.49. The van der Waals surface area contributed by atoms with Crippen LogP contribution in [0.4, 0.5) is 5.69 Å². The first-order valence-electron chi connectivity index (χ1n) is 8.06. The fourth-order valence-corrected chi connectivity index (χ4v) is 4.61. The van der Waals surface area contributed by atoms with E-state index in [9.17, 15) is 23.3 Å². The largest absolute Gasteiger partial charge is 0.289 e. The summed E-state index contributed by atoms with van der Waals surface area (Å²) in [7, 11) is -3.62. The second-order valence-corrected chi connectivity index (χ2v) is 8.44. The van der Waals surface area contributed by atoms with Crippen molar-refractivity contribution >= 4 is 27.4 Å². The Morgan fingerprint density at radius 2 is 1.85 bits per heavy atom. The molecule has 0 amide bonds. The van der Waals surface area contributed by atoms with Gasteiger partial charge in [0.1, 0.15) is 0 Å². The fraction of sp³-hybridized carbons (Fsp3) is 0.211. The van der Waals surface area contributed by atoms with Crippen molar-refractivity contribution in [1.82, 2.24) is 0 Å². The maximum atomic E-state index is 12.6. The van der Waals surface area contributed by atoms with Crippen LogP contribution in [0.1, 0.15) is 41.3 Å². The molecule has 2 aromatic rings. The molecule has 0 unspecified atom stereocenters. The molecule has 2 aromatic carbocycles. The van der Waals surface area contributed by atoms with Crippen molar-refractivity contribution in [1.29, 1.82) is 0 Å². The van der Waals surface area contributed by atoms with Crippen molar-refractivity contribution in [3.05, 3.63) is 74.8 Å². The third-order valence-electron chi connectivity index (χ3n) is 4.32. The number of nitrogens with zero attached hydrogens (tertiary/aromatic N) is 1. The molecule has 1 aliphatic heterocycles. The molecule has 0 aliphatic carbocycles. The summed E-state index contributed by atoms with van der Waals surface area (Å²) >= 11 is 0. The quantitative estimate of drug-likeness (QED) is 0.465. The number of nitro benzene ring substituents is 1. The highest BCUT2D eigenvalue weighted by Crippen LogP contribution is 2.31. The highest BCUT2D eigenvalue weighted by Gasteiger charge is 2.32. The number of benzene rings is 2. The van der Waals surface area contributed by atoms with Crippen molar-refractivity contribution < 1.29 is 18.1 Å². The SMILES string of the molecule is CC(C)c1ccc(/C=C2\CS(=O)(=O)c3ccccc3C2=O)cc1[N+](=O)[O-]. The van der Waals surface area contributed by atoms with E-state index in [1.165, 1.54) is 24.3 Å². The van der Waals surface area contributed by atoms with Crippen LogP contribution in [0.3, 0.4) is 0 Å². The van der Waals surface area contributed by atoms with Crippen molar-refractivity contribution in [3.8, 4) is 0 Å². The summed E-state index contributed by atoms with van der Waals surface area (Å²) in [6, 6.07) is 10.8. The van der Waals surface area contributed by atoms with E-state index in [2.05, 4.69) is 0 Å². The molecule has 3 rings (SSSR count). The number of hydrogen-bond acceptors (Lipinski definition) is 5. The third kappa shape index (κ3) is 3.17. The minimum absolute atomic E-state index is 0.0272. The molecule has 0 radical (unpaired) electrons. The van der Waals surface area contributed by atoms with Crippen molar-refractivity contribution in [2.24, 2.45) is 0 Å². The standard InChI is InChI=1S/C19H17NO5S/c1-12(2)15-8-7-13(10-17(15)20(22)23)9-14-11-26(24,25)18-6-4-3-5-16(18)19(14)21/h3-10,12H,11H2,1-2H3/b14-9+. The van der Waals surface area contributed by atoms with Gasteiger partial charge < -0.3 is 0 Å². The van der Waals surface area contributed by atoms with Crippen molar-refractivity contribution in [2.45, 2.75) is 24.7 Å². The predicted octanol–water partition coefficient (Wildman–Crippen LogP) is 3.77. The minimum Gasteiger partial charge on any atom is -0.289 e. The number of nitro groups is 1. The number of hydrogen-bond donors (Lipinski definition) is 0. The molecule has 1 aliphatic rings. The monoisotopic (exact) mass is 371 g/mol. The van der Waals surface area contributed by atoms with Crippen LogP contribution >= 0.6 is 0 Å². The lowest BCUT2D eigenvalue weighted by Crippen LogP contribution is -2.24. The van der Waals surface area contributed by atoms with Crippen LogP contribution in [-0.2, 0) is 9.84 Å². The van der Waals surface area contributed by atoms with Gasteiger partial charge in [0.15, 0.2) is 15.6 Å². The molecule has 6 nitrogen and oxygen atoms in total. The lowest BCUT2D eigenvalue weighted by molar-refractivity contribution is -0.385. The Morgan fingerprint density at radius 1 is 1.15 bits per heavy atom. The molecule has 0 aromatic heterocycles. The maximum absolute atomic E-state index is 12.6. The summed E-state index contributed by atoms with van der Waals surface area (Å²) < 4.78 is 24.9. The summed E-state index contributed by atoms with van der Waals surface area (Å²) in [6.07, 6.45) is 1.42. The highest BCUT2D eigenvalue weighted by molar-refractivity contribution is 7.91. The Hall–Kier alpha value is -2.80. The molecule has 26 heavy (non-hydrogen) atoms. The molecule has 1 heterocycles. The Kier molecular flexibility index (Phi) is 4.50. The number of Topliss-reactive ketones (excluding diaryl/α,β-unsaturated/α-hetero) is 1. The van der Waals surface area contributed by atoms with Crippen LogP contribution in [0.2, 0.25) is 0 Å². The molecule has 0 atom stereocenters. The Morgan fingerprint density at radius 3 is 2.50 bits per heavy atom. The van der Waals surface area contributed by atoms with Gasteiger partial charge in [-0.1, -0.05) is 38.1 Å². The first-order chi connectivity index (χ1) is 12.2. The number of sulfone groups is 1. The van der Waals surface area contributed by atoms with Gasteiger partial charge >= 0.3 is 0 Å². The van der Waals surface area contributed by atoms with E-state index in [1.807, 2.05) is 13.8 Å². The van der Waals surface area contributed by atoms with Gasteiger partial charge in [0.25, 0.3) is 5.69 Å². The molecule has 7 heteroatoms. The molecule has 0 fully saturated rings. The highest BCUT2D eigenvalue weighted by atomic mass is 32.2. The van der Waals surface area contributed by atoms with Gasteiger partial charge in [-0.25, -0.2) is 8.42 Å². The molecule has 0 bridgehead atoms. The van der Waals surface area contributed by atoms with Gasteiger partial charge in [-0.05, 0) is 29.7 Å². The van der Waals surface area contributed by atoms with Crippen LogP contribution in [0.15, 0.2) is 52.9 Å². The van der Waals surface area contributed by atoms with Crippen LogP contribution in [0, 0.1) is 10.1 Å². The number of carbonyl (C=O) groups is 1. The summed E-state index contributed by atoms with van der Waals surface area (Å²) in [5, 5.41) is 11.3. The van der Waals surface area contributed by atoms with E-state index in [0.717, 1.165) is 0 Å². The van der Waals surface area contributed by atoms with E-state index >= 15 is 0 Å². The van der Waals surface area contributed by atoms with Crippen LogP contribution in [-0.4, -0.2) is 24.9 Å². The van der Waals surface area contributed by atoms with Gasteiger partial charge in [0, 0.05) is 22.8 Å². The van der Waals surface area contributed by atoms with Crippen LogP contribution in [0.5, 0.6) is 0 Å². The normalized spacial score (nSPS) is 17.3. The predicted molar refractivity (Wildman–Crippen MR) is 98.0 cm³/mol. The Balaban J connectivity index is 2.11. The first kappa shape index (κ1) is 18.0. The van der Waals surface area contributed by atoms with E-state index in [4.69, 9.17) is 0 Å². The fourth-order valence-electron chi connectivity index (χ4n) is 3.05. The Labute approximate surface area is 151 Å². The molecule has 0 saturated carbocycles.